The van der Waals surface area contributed by atoms with Gasteiger partial charge in [0.15, 0.2) is 5.65 Å². The zero-order valence-corrected chi connectivity index (χ0v) is 20.1. The summed E-state index contributed by atoms with van der Waals surface area (Å²) >= 11 is 6.24. The number of benzene rings is 2. The van der Waals surface area contributed by atoms with Crippen molar-refractivity contribution in [2.45, 2.75) is 39.3 Å². The van der Waals surface area contributed by atoms with Crippen molar-refractivity contribution in [3.8, 4) is 11.4 Å². The average molecular weight is 498 g/mol. The molecule has 1 N–H and O–H groups in total. The fraction of sp³-hybridized carbons (Fsp3) is 0.292. The lowest BCUT2D eigenvalue weighted by molar-refractivity contribution is -0.384. The van der Waals surface area contributed by atoms with Crippen molar-refractivity contribution >= 4 is 28.3 Å². The van der Waals surface area contributed by atoms with Gasteiger partial charge in [0.1, 0.15) is 35.9 Å². The number of nitrogens with zero attached hydrogens (tertiary/aromatic N) is 5. The molecule has 1 unspecified atom stereocenters. The summed E-state index contributed by atoms with van der Waals surface area (Å²) in [4.78, 5) is 28.1. The zero-order chi connectivity index (χ0) is 25.3. The zero-order valence-electron chi connectivity index (χ0n) is 19.4. The molecule has 1 atom stereocenters. The minimum Gasteiger partial charge on any atom is -0.491 e. The van der Waals surface area contributed by atoms with E-state index in [9.17, 15) is 20.0 Å². The fourth-order valence-electron chi connectivity index (χ4n) is 3.76. The molecule has 0 aliphatic heterocycles. The average Bonchev–Trinajstić information content (AvgIpc) is 3.26. The summed E-state index contributed by atoms with van der Waals surface area (Å²) in [6.45, 7) is 5.83. The first-order valence-electron chi connectivity index (χ1n) is 10.9. The smallest absolute Gasteiger partial charge is 0.294 e. The topological polar surface area (TPSA) is 125 Å². The highest BCUT2D eigenvalue weighted by Gasteiger charge is 2.20. The first-order chi connectivity index (χ1) is 16.7. The SMILES string of the molecule is Cc1cc(OCC(O)Cn2cnc3c(cnn3-c3ccccc3[N+](=O)[O-])c2=O)c(C(C)C)cc1Cl. The van der Waals surface area contributed by atoms with Crippen molar-refractivity contribution in [3.63, 3.8) is 0 Å². The first kappa shape index (κ1) is 24.4. The van der Waals surface area contributed by atoms with Gasteiger partial charge in [-0.1, -0.05) is 37.6 Å². The molecule has 35 heavy (non-hydrogen) atoms. The molecule has 11 heteroatoms. The number of aryl methyl sites for hydroxylation is 1. The van der Waals surface area contributed by atoms with E-state index >= 15 is 0 Å². The van der Waals surface area contributed by atoms with Crippen LogP contribution in [0, 0.1) is 17.0 Å². The summed E-state index contributed by atoms with van der Waals surface area (Å²) in [5.41, 5.74) is 1.59. The van der Waals surface area contributed by atoms with E-state index in [0.717, 1.165) is 11.1 Å². The molecule has 0 aliphatic carbocycles. The van der Waals surface area contributed by atoms with Crippen LogP contribution < -0.4 is 10.3 Å². The van der Waals surface area contributed by atoms with Crippen LogP contribution >= 0.6 is 11.6 Å². The monoisotopic (exact) mass is 497 g/mol. The lowest BCUT2D eigenvalue weighted by Crippen LogP contribution is -2.30. The maximum absolute atomic E-state index is 13.0. The maximum Gasteiger partial charge on any atom is 0.294 e. The molecule has 4 rings (SSSR count). The number of fused-ring (bicyclic) bond motifs is 1. The second-order valence-electron chi connectivity index (χ2n) is 8.50. The number of nitro benzene ring substituents is 1. The molecule has 4 aromatic rings. The van der Waals surface area contributed by atoms with Gasteiger partial charge in [-0.2, -0.15) is 5.10 Å². The van der Waals surface area contributed by atoms with Crippen molar-refractivity contribution in [3.05, 3.63) is 85.5 Å². The van der Waals surface area contributed by atoms with Gasteiger partial charge in [0, 0.05) is 11.1 Å². The Morgan fingerprint density at radius 1 is 1.26 bits per heavy atom. The third-order valence-corrected chi connectivity index (χ3v) is 6.02. The number of aliphatic hydroxyl groups excluding tert-OH is 1. The van der Waals surface area contributed by atoms with Gasteiger partial charge >= 0.3 is 0 Å². The molecular formula is C24H24ClN5O5. The van der Waals surface area contributed by atoms with Crippen LogP contribution in [0.5, 0.6) is 5.75 Å². The van der Waals surface area contributed by atoms with Gasteiger partial charge in [-0.15, -0.1) is 0 Å². The van der Waals surface area contributed by atoms with Crippen LogP contribution in [0.25, 0.3) is 16.7 Å². The Labute approximate surface area is 205 Å². The van der Waals surface area contributed by atoms with Crippen LogP contribution in [0.3, 0.4) is 0 Å². The predicted molar refractivity (Wildman–Crippen MR) is 132 cm³/mol. The fourth-order valence-corrected chi connectivity index (χ4v) is 3.94. The van der Waals surface area contributed by atoms with Gasteiger partial charge in [-0.25, -0.2) is 9.67 Å². The molecule has 0 fully saturated rings. The van der Waals surface area contributed by atoms with E-state index in [2.05, 4.69) is 10.1 Å². The largest absolute Gasteiger partial charge is 0.491 e. The minimum absolute atomic E-state index is 0.0409. The van der Waals surface area contributed by atoms with Crippen LogP contribution in [0.15, 0.2) is 53.7 Å². The standard InChI is InChI=1S/C24H24ClN5O5/c1-14(2)17-9-19(25)15(3)8-22(17)35-12-16(31)11-28-13-26-23-18(24(28)32)10-27-29(23)20-6-4-5-7-21(20)30(33)34/h4-10,13-14,16,31H,11-12H2,1-3H3. The van der Waals surface area contributed by atoms with Crippen LogP contribution in [-0.2, 0) is 6.54 Å². The molecular weight excluding hydrogens is 474 g/mol. The Morgan fingerprint density at radius 2 is 2.00 bits per heavy atom. The molecule has 0 saturated heterocycles. The Kier molecular flexibility index (Phi) is 6.86. The van der Waals surface area contributed by atoms with E-state index in [1.165, 1.54) is 33.9 Å². The molecule has 10 nitrogen and oxygen atoms in total. The van der Waals surface area contributed by atoms with Crippen molar-refractivity contribution in [1.82, 2.24) is 19.3 Å². The summed E-state index contributed by atoms with van der Waals surface area (Å²) in [5.74, 6) is 0.805. The first-order valence-corrected chi connectivity index (χ1v) is 11.3. The molecule has 2 aromatic carbocycles. The molecule has 0 aliphatic rings. The Morgan fingerprint density at radius 3 is 2.71 bits per heavy atom. The van der Waals surface area contributed by atoms with E-state index in [1.807, 2.05) is 32.9 Å². The van der Waals surface area contributed by atoms with Gasteiger partial charge < -0.3 is 9.84 Å². The number of hydrogen-bond donors (Lipinski definition) is 1. The number of halogens is 1. The Balaban J connectivity index is 1.56. The number of ether oxygens (including phenoxy) is 1. The summed E-state index contributed by atoms with van der Waals surface area (Å²) < 4.78 is 8.39. The molecule has 182 valence electrons. The molecule has 0 saturated carbocycles. The second kappa shape index (κ2) is 9.85. The van der Waals surface area contributed by atoms with E-state index in [-0.39, 0.29) is 41.5 Å². The number of nitro groups is 1. The number of aromatic nitrogens is 4. The molecule has 0 radical (unpaired) electrons. The number of hydrogen-bond acceptors (Lipinski definition) is 7. The van der Waals surface area contributed by atoms with E-state index < -0.39 is 16.6 Å². The van der Waals surface area contributed by atoms with Crippen molar-refractivity contribution < 1.29 is 14.8 Å². The highest BCUT2D eigenvalue weighted by molar-refractivity contribution is 6.31. The summed E-state index contributed by atoms with van der Waals surface area (Å²) in [6, 6.07) is 9.77. The van der Waals surface area contributed by atoms with Crippen molar-refractivity contribution in [2.75, 3.05) is 6.61 Å². The quantitative estimate of drug-likeness (QED) is 0.288. The van der Waals surface area contributed by atoms with Crippen LogP contribution in [0.4, 0.5) is 5.69 Å². The van der Waals surface area contributed by atoms with Gasteiger partial charge in [0.2, 0.25) is 0 Å². The van der Waals surface area contributed by atoms with E-state index in [1.54, 1.807) is 12.1 Å². The van der Waals surface area contributed by atoms with Crippen LogP contribution in [0.1, 0.15) is 30.9 Å². The summed E-state index contributed by atoms with van der Waals surface area (Å²) in [7, 11) is 0. The molecule has 0 amide bonds. The Bertz CT molecular complexity index is 1460. The highest BCUT2D eigenvalue weighted by atomic mass is 35.5. The lowest BCUT2D eigenvalue weighted by atomic mass is 10.0. The molecule has 0 spiro atoms. The second-order valence-corrected chi connectivity index (χ2v) is 8.91. The minimum atomic E-state index is -0.992. The highest BCUT2D eigenvalue weighted by Crippen LogP contribution is 2.32. The van der Waals surface area contributed by atoms with Gasteiger partial charge in [0.25, 0.3) is 11.2 Å². The maximum atomic E-state index is 13.0. The Hall–Kier alpha value is -3.76. The van der Waals surface area contributed by atoms with Crippen molar-refractivity contribution in [2.24, 2.45) is 0 Å². The van der Waals surface area contributed by atoms with E-state index in [4.69, 9.17) is 16.3 Å². The van der Waals surface area contributed by atoms with E-state index in [0.29, 0.717) is 10.8 Å². The van der Waals surface area contributed by atoms with Crippen molar-refractivity contribution in [1.29, 1.82) is 0 Å². The third-order valence-electron chi connectivity index (χ3n) is 5.61. The molecule has 2 aromatic heterocycles. The lowest BCUT2D eigenvalue weighted by Gasteiger charge is -2.18. The van der Waals surface area contributed by atoms with Crippen LogP contribution in [0.2, 0.25) is 5.02 Å². The number of para-hydroxylation sites is 2. The molecule has 2 heterocycles. The number of aliphatic hydroxyl groups is 1. The molecule has 0 bridgehead atoms. The third kappa shape index (κ3) is 4.89. The summed E-state index contributed by atoms with van der Waals surface area (Å²) in [5, 5.41) is 26.9. The number of rotatable bonds is 8. The van der Waals surface area contributed by atoms with Gasteiger partial charge in [-0.05, 0) is 42.2 Å². The van der Waals surface area contributed by atoms with Gasteiger partial charge in [0.05, 0.1) is 17.7 Å². The van der Waals surface area contributed by atoms with Crippen LogP contribution in [-0.4, -0.2) is 42.1 Å². The summed E-state index contributed by atoms with van der Waals surface area (Å²) in [6.07, 6.45) is 1.60. The predicted octanol–water partition coefficient (Wildman–Crippen LogP) is 4.02. The van der Waals surface area contributed by atoms with Gasteiger partial charge in [-0.3, -0.25) is 19.5 Å². The normalized spacial score (nSPS) is 12.3.